The predicted octanol–water partition coefficient (Wildman–Crippen LogP) is 3.58. The van der Waals surface area contributed by atoms with Gasteiger partial charge in [0, 0.05) is 36.5 Å². The Labute approximate surface area is 219 Å². The SMILES string of the molecule is CC(C)n1cc(-c2nnc(N[C@H]3N=C(c4ccccc4)c4ccccc4NC3=O)o2)c(N2CCOCC2)n1. The van der Waals surface area contributed by atoms with Crippen molar-refractivity contribution in [1.82, 2.24) is 20.0 Å². The van der Waals surface area contributed by atoms with Crippen molar-refractivity contribution in [2.75, 3.05) is 41.8 Å². The highest BCUT2D eigenvalue weighted by Crippen LogP contribution is 2.32. The number of benzodiazepines with no additional fused rings is 1. The highest BCUT2D eigenvalue weighted by Gasteiger charge is 2.28. The summed E-state index contributed by atoms with van der Waals surface area (Å²) in [5.41, 5.74) is 3.83. The van der Waals surface area contributed by atoms with Crippen LogP contribution in [0.4, 0.5) is 17.5 Å². The molecule has 0 aliphatic carbocycles. The lowest BCUT2D eigenvalue weighted by Gasteiger charge is -2.27. The maximum Gasteiger partial charge on any atom is 0.317 e. The van der Waals surface area contributed by atoms with Gasteiger partial charge in [-0.3, -0.25) is 9.48 Å². The minimum Gasteiger partial charge on any atom is -0.403 e. The first-order valence-electron chi connectivity index (χ1n) is 12.6. The zero-order valence-corrected chi connectivity index (χ0v) is 21.2. The number of nitrogens with one attached hydrogen (secondary N) is 2. The lowest BCUT2D eigenvalue weighted by atomic mass is 10.0. The number of amides is 1. The van der Waals surface area contributed by atoms with Gasteiger partial charge in [0.05, 0.1) is 24.6 Å². The van der Waals surface area contributed by atoms with E-state index in [9.17, 15) is 4.79 Å². The van der Waals surface area contributed by atoms with Crippen molar-refractivity contribution in [3.8, 4) is 11.5 Å². The monoisotopic (exact) mass is 512 g/mol. The van der Waals surface area contributed by atoms with Crippen LogP contribution in [0.3, 0.4) is 0 Å². The highest BCUT2D eigenvalue weighted by molar-refractivity contribution is 6.19. The number of carbonyl (C=O) groups excluding carboxylic acids is 1. The van der Waals surface area contributed by atoms with Gasteiger partial charge in [-0.1, -0.05) is 53.6 Å². The number of ether oxygens (including phenoxy) is 1. The van der Waals surface area contributed by atoms with Crippen LogP contribution in [0, 0.1) is 0 Å². The minimum absolute atomic E-state index is 0.0903. The lowest BCUT2D eigenvalue weighted by Crippen LogP contribution is -2.36. The van der Waals surface area contributed by atoms with E-state index >= 15 is 0 Å². The average Bonchev–Trinajstić information content (AvgIpc) is 3.57. The quantitative estimate of drug-likeness (QED) is 0.402. The number of aliphatic imine (C=N–C) groups is 1. The third-order valence-corrected chi connectivity index (χ3v) is 6.46. The second-order valence-electron chi connectivity index (χ2n) is 9.38. The molecule has 6 rings (SSSR count). The molecule has 0 saturated carbocycles. The average molecular weight is 513 g/mol. The number of anilines is 3. The molecule has 11 heteroatoms. The van der Waals surface area contributed by atoms with Crippen LogP contribution in [-0.2, 0) is 9.53 Å². The summed E-state index contributed by atoms with van der Waals surface area (Å²) < 4.78 is 13.4. The lowest BCUT2D eigenvalue weighted by molar-refractivity contribution is -0.116. The van der Waals surface area contributed by atoms with E-state index in [2.05, 4.69) is 39.6 Å². The standard InChI is InChI=1S/C27H28N8O3/c1-17(2)35-16-20(24(33-35)34-12-14-37-15-13-34)26-31-32-27(38-26)30-23-25(36)28-21-11-7-6-10-19(21)22(29-23)18-8-4-3-5-9-18/h3-11,16-17,23H,12-15H2,1-2H3,(H,28,36)(H,30,32)/t23-/m1/s1. The Kier molecular flexibility index (Phi) is 6.34. The molecule has 1 fully saturated rings. The fraction of sp³-hybridized carbons (Fsp3) is 0.296. The molecular weight excluding hydrogens is 484 g/mol. The van der Waals surface area contributed by atoms with E-state index in [0.717, 1.165) is 35.6 Å². The maximum absolute atomic E-state index is 13.2. The van der Waals surface area contributed by atoms with Crippen LogP contribution in [-0.4, -0.2) is 64.1 Å². The van der Waals surface area contributed by atoms with E-state index in [0.29, 0.717) is 30.5 Å². The molecule has 1 saturated heterocycles. The molecule has 11 nitrogen and oxygen atoms in total. The first-order chi connectivity index (χ1) is 18.6. The molecule has 1 atom stereocenters. The van der Waals surface area contributed by atoms with Crippen molar-refractivity contribution in [2.24, 2.45) is 4.99 Å². The highest BCUT2D eigenvalue weighted by atomic mass is 16.5. The van der Waals surface area contributed by atoms with Gasteiger partial charge in [0.15, 0.2) is 5.82 Å². The number of morpholine rings is 1. The predicted molar refractivity (Wildman–Crippen MR) is 143 cm³/mol. The summed E-state index contributed by atoms with van der Waals surface area (Å²) in [6.07, 6.45) is 0.927. The van der Waals surface area contributed by atoms with Crippen LogP contribution >= 0.6 is 0 Å². The zero-order chi connectivity index (χ0) is 26.1. The molecule has 4 aromatic rings. The van der Waals surface area contributed by atoms with Gasteiger partial charge in [0.1, 0.15) is 5.56 Å². The van der Waals surface area contributed by atoms with Gasteiger partial charge < -0.3 is 24.7 Å². The van der Waals surface area contributed by atoms with Gasteiger partial charge >= 0.3 is 6.01 Å². The molecule has 194 valence electrons. The van der Waals surface area contributed by atoms with Crippen LogP contribution in [0.15, 0.2) is 70.2 Å². The van der Waals surface area contributed by atoms with Crippen LogP contribution in [0.2, 0.25) is 0 Å². The summed E-state index contributed by atoms with van der Waals surface area (Å²) in [4.78, 5) is 20.1. The molecule has 2 N–H and O–H groups in total. The van der Waals surface area contributed by atoms with Gasteiger partial charge in [0.25, 0.3) is 11.8 Å². The molecule has 0 radical (unpaired) electrons. The van der Waals surface area contributed by atoms with Gasteiger partial charge in [-0.2, -0.15) is 5.10 Å². The number of fused-ring (bicyclic) bond motifs is 1. The molecule has 0 spiro atoms. The van der Waals surface area contributed by atoms with Gasteiger partial charge in [0.2, 0.25) is 6.17 Å². The van der Waals surface area contributed by atoms with E-state index < -0.39 is 6.17 Å². The molecule has 0 unspecified atom stereocenters. The molecule has 2 aromatic carbocycles. The van der Waals surface area contributed by atoms with Crippen LogP contribution in [0.25, 0.3) is 11.5 Å². The van der Waals surface area contributed by atoms with Gasteiger partial charge in [-0.25, -0.2) is 4.99 Å². The van der Waals surface area contributed by atoms with Gasteiger partial charge in [-0.05, 0) is 19.9 Å². The Bertz CT molecular complexity index is 1470. The first kappa shape index (κ1) is 23.9. The number of nitrogens with zero attached hydrogens (tertiary/aromatic N) is 6. The summed E-state index contributed by atoms with van der Waals surface area (Å²) in [6.45, 7) is 6.83. The fourth-order valence-corrected chi connectivity index (χ4v) is 4.49. The van der Waals surface area contributed by atoms with Crippen molar-refractivity contribution >= 4 is 29.1 Å². The number of rotatable bonds is 6. The summed E-state index contributed by atoms with van der Waals surface area (Å²) in [5.74, 6) is 0.750. The van der Waals surface area contributed by atoms with E-state index in [1.165, 1.54) is 0 Å². The molecule has 2 aliphatic heterocycles. The number of benzene rings is 2. The second kappa shape index (κ2) is 10.1. The molecule has 0 bridgehead atoms. The first-order valence-corrected chi connectivity index (χ1v) is 12.6. The molecular formula is C27H28N8O3. The third-order valence-electron chi connectivity index (χ3n) is 6.46. The van der Waals surface area contributed by atoms with E-state index in [1.807, 2.05) is 65.5 Å². The van der Waals surface area contributed by atoms with Crippen molar-refractivity contribution in [3.63, 3.8) is 0 Å². The number of aromatic nitrogens is 4. The smallest absolute Gasteiger partial charge is 0.317 e. The van der Waals surface area contributed by atoms with Crippen LogP contribution in [0.1, 0.15) is 31.0 Å². The van der Waals surface area contributed by atoms with Crippen LogP contribution in [0.5, 0.6) is 0 Å². The number of para-hydroxylation sites is 1. The normalized spacial score (nSPS) is 17.6. The van der Waals surface area contributed by atoms with E-state index in [1.54, 1.807) is 0 Å². The largest absolute Gasteiger partial charge is 0.403 e. The van der Waals surface area contributed by atoms with E-state index in [4.69, 9.17) is 19.2 Å². The summed E-state index contributed by atoms with van der Waals surface area (Å²) in [7, 11) is 0. The molecule has 1 amide bonds. The minimum atomic E-state index is -0.983. The Morgan fingerprint density at radius 1 is 1.00 bits per heavy atom. The third kappa shape index (κ3) is 4.63. The summed E-state index contributed by atoms with van der Waals surface area (Å²) in [5, 5.41) is 19.2. The van der Waals surface area contributed by atoms with Crippen molar-refractivity contribution in [1.29, 1.82) is 0 Å². The number of hydrogen-bond donors (Lipinski definition) is 2. The Hall–Kier alpha value is -4.51. The number of carbonyl (C=O) groups is 1. The van der Waals surface area contributed by atoms with E-state index in [-0.39, 0.29) is 18.0 Å². The Balaban J connectivity index is 1.32. The van der Waals surface area contributed by atoms with Crippen molar-refractivity contribution in [2.45, 2.75) is 26.1 Å². The second-order valence-corrected chi connectivity index (χ2v) is 9.38. The van der Waals surface area contributed by atoms with Crippen LogP contribution < -0.4 is 15.5 Å². The van der Waals surface area contributed by atoms with Crippen molar-refractivity contribution in [3.05, 3.63) is 71.9 Å². The number of hydrogen-bond acceptors (Lipinski definition) is 9. The topological polar surface area (TPSA) is 123 Å². The molecule has 2 aliphatic rings. The zero-order valence-electron chi connectivity index (χ0n) is 21.2. The molecule has 4 heterocycles. The molecule has 2 aromatic heterocycles. The fourth-order valence-electron chi connectivity index (χ4n) is 4.49. The van der Waals surface area contributed by atoms with Gasteiger partial charge in [-0.15, -0.1) is 5.10 Å². The summed E-state index contributed by atoms with van der Waals surface area (Å²) >= 11 is 0. The summed E-state index contributed by atoms with van der Waals surface area (Å²) in [6, 6.07) is 17.6. The maximum atomic E-state index is 13.2. The molecule has 38 heavy (non-hydrogen) atoms. The van der Waals surface area contributed by atoms with Crippen molar-refractivity contribution < 1.29 is 13.9 Å². The Morgan fingerprint density at radius 3 is 2.55 bits per heavy atom. The Morgan fingerprint density at radius 2 is 1.76 bits per heavy atom.